The van der Waals surface area contributed by atoms with Gasteiger partial charge in [-0.3, -0.25) is 14.2 Å². The molecule has 0 aromatic carbocycles. The van der Waals surface area contributed by atoms with Crippen molar-refractivity contribution in [1.82, 2.24) is 20.8 Å². The molecule has 1 unspecified atom stereocenters. The number of hydrogen-bond donors (Lipinski definition) is 3. The molecule has 0 aliphatic carbocycles. The van der Waals surface area contributed by atoms with Gasteiger partial charge in [0.15, 0.2) is 0 Å². The van der Waals surface area contributed by atoms with Crippen molar-refractivity contribution in [1.29, 1.82) is 0 Å². The summed E-state index contributed by atoms with van der Waals surface area (Å²) in [5, 5.41) is 3.75. The molecule has 12 heteroatoms. The molecule has 2 aliphatic heterocycles. The summed E-state index contributed by atoms with van der Waals surface area (Å²) in [6, 6.07) is -2.08. The monoisotopic (exact) mass is 380 g/mol. The van der Waals surface area contributed by atoms with E-state index in [1.54, 1.807) is 0 Å². The van der Waals surface area contributed by atoms with Gasteiger partial charge in [0.1, 0.15) is 6.04 Å². The van der Waals surface area contributed by atoms with Crippen LogP contribution in [0.25, 0.3) is 0 Å². The van der Waals surface area contributed by atoms with Crippen LogP contribution in [0.3, 0.4) is 0 Å². The van der Waals surface area contributed by atoms with Gasteiger partial charge in [-0.05, 0) is 25.3 Å². The predicted octanol–water partition coefficient (Wildman–Crippen LogP) is -0.717. The van der Waals surface area contributed by atoms with Gasteiger partial charge in [0.05, 0.1) is 12.6 Å². The van der Waals surface area contributed by atoms with E-state index in [4.69, 9.17) is 9.39 Å². The third-order valence-electron chi connectivity index (χ3n) is 3.91. The van der Waals surface area contributed by atoms with E-state index in [1.807, 2.05) is 0 Å². The molecule has 3 amide bonds. The molecule has 2 heterocycles. The summed E-state index contributed by atoms with van der Waals surface area (Å²) in [4.78, 5) is 30.7. The Kier molecular flexibility index (Phi) is 6.57. The summed E-state index contributed by atoms with van der Waals surface area (Å²) in [6.45, 7) is 5.99. The molecule has 0 aromatic heterocycles. The molecule has 2 aliphatic rings. The Morgan fingerprint density at radius 3 is 2.76 bits per heavy atom. The maximum atomic E-state index is 12.2. The van der Waals surface area contributed by atoms with Gasteiger partial charge in [-0.2, -0.15) is 13.5 Å². The van der Waals surface area contributed by atoms with Crippen molar-refractivity contribution in [3.05, 3.63) is 0 Å². The van der Waals surface area contributed by atoms with Crippen molar-refractivity contribution in [3.8, 4) is 0 Å². The Morgan fingerprint density at radius 2 is 2.12 bits per heavy atom. The third-order valence-corrected chi connectivity index (χ3v) is 4.26. The Hall–Kier alpha value is -1.47. The second-order valence-corrected chi connectivity index (χ2v) is 7.43. The molecule has 2 bridgehead atoms. The number of hydroxylamine groups is 3. The summed E-state index contributed by atoms with van der Waals surface area (Å²) < 4.78 is 34.7. The van der Waals surface area contributed by atoms with Gasteiger partial charge >= 0.3 is 16.4 Å². The smallest absolute Gasteiger partial charge is 0.314 e. The normalized spacial score (nSPS) is 23.4. The van der Waals surface area contributed by atoms with Gasteiger partial charge < -0.3 is 10.2 Å². The SMILES string of the molecule is CC(C)CNCCONC(=O)[C@@H]1CCC2CN1C(=O)N2OS(=O)(=O)O. The first-order valence-corrected chi connectivity index (χ1v) is 9.44. The van der Waals surface area contributed by atoms with Crippen LogP contribution in [0.4, 0.5) is 4.79 Å². The van der Waals surface area contributed by atoms with E-state index in [-0.39, 0.29) is 13.2 Å². The summed E-state index contributed by atoms with van der Waals surface area (Å²) >= 11 is 0. The first-order chi connectivity index (χ1) is 11.7. The lowest BCUT2D eigenvalue weighted by atomic mass is 10.0. The zero-order valence-corrected chi connectivity index (χ0v) is 15.0. The fraction of sp³-hybridized carbons (Fsp3) is 0.846. The number of carbonyl (C=O) groups excluding carboxylic acids is 2. The average molecular weight is 380 g/mol. The lowest BCUT2D eigenvalue weighted by Crippen LogP contribution is -2.50. The molecule has 2 atom stereocenters. The van der Waals surface area contributed by atoms with Crippen LogP contribution >= 0.6 is 0 Å². The highest BCUT2D eigenvalue weighted by atomic mass is 32.3. The van der Waals surface area contributed by atoms with Crippen LogP contribution in [-0.2, 0) is 24.3 Å². The molecular formula is C13H24N4O7S. The number of amides is 3. The second-order valence-electron chi connectivity index (χ2n) is 6.42. The van der Waals surface area contributed by atoms with Crippen LogP contribution in [-0.4, -0.2) is 73.2 Å². The minimum atomic E-state index is -4.80. The van der Waals surface area contributed by atoms with Gasteiger partial charge in [-0.15, -0.1) is 4.28 Å². The molecule has 0 spiro atoms. The highest BCUT2D eigenvalue weighted by Crippen LogP contribution is 2.30. The van der Waals surface area contributed by atoms with E-state index in [2.05, 4.69) is 28.9 Å². The van der Waals surface area contributed by atoms with Gasteiger partial charge in [-0.25, -0.2) is 10.3 Å². The van der Waals surface area contributed by atoms with Crippen LogP contribution in [0.5, 0.6) is 0 Å². The van der Waals surface area contributed by atoms with Crippen LogP contribution < -0.4 is 10.8 Å². The number of nitrogens with one attached hydrogen (secondary N) is 2. The van der Waals surface area contributed by atoms with Crippen molar-refractivity contribution in [3.63, 3.8) is 0 Å². The molecule has 2 saturated heterocycles. The summed E-state index contributed by atoms with van der Waals surface area (Å²) in [7, 11) is -4.80. The fourth-order valence-corrected chi connectivity index (χ4v) is 3.20. The zero-order chi connectivity index (χ0) is 18.6. The molecule has 2 fully saturated rings. The third kappa shape index (κ3) is 5.51. The topological polar surface area (TPSA) is 138 Å². The Labute approximate surface area is 146 Å². The number of piperidine rings is 1. The van der Waals surface area contributed by atoms with E-state index in [1.165, 1.54) is 4.90 Å². The molecule has 0 saturated carbocycles. The van der Waals surface area contributed by atoms with Crippen molar-refractivity contribution in [2.75, 3.05) is 26.2 Å². The molecule has 3 N–H and O–H groups in total. The Bertz CT molecular complexity index is 597. The van der Waals surface area contributed by atoms with E-state index in [9.17, 15) is 18.0 Å². The lowest BCUT2D eigenvalue weighted by molar-refractivity contribution is -0.138. The summed E-state index contributed by atoms with van der Waals surface area (Å²) in [5.74, 6) is 0.0308. The van der Waals surface area contributed by atoms with Crippen LogP contribution in [0.15, 0.2) is 0 Å². The number of hydrogen-bond acceptors (Lipinski definition) is 7. The number of nitrogens with zero attached hydrogens (tertiary/aromatic N) is 2. The minimum absolute atomic E-state index is 0.141. The first kappa shape index (κ1) is 19.8. The van der Waals surface area contributed by atoms with Gasteiger partial charge in [0, 0.05) is 13.1 Å². The van der Waals surface area contributed by atoms with E-state index < -0.39 is 34.4 Å². The molecule has 0 aromatic rings. The highest BCUT2D eigenvalue weighted by molar-refractivity contribution is 7.80. The summed E-state index contributed by atoms with van der Waals surface area (Å²) in [6.07, 6.45) is 0.703. The van der Waals surface area contributed by atoms with E-state index in [0.29, 0.717) is 30.4 Å². The zero-order valence-electron chi connectivity index (χ0n) is 14.2. The molecular weight excluding hydrogens is 356 g/mol. The maximum Gasteiger partial charge on any atom is 0.418 e. The predicted molar refractivity (Wildman–Crippen MR) is 85.2 cm³/mol. The number of carbonyl (C=O) groups is 2. The Morgan fingerprint density at radius 1 is 1.40 bits per heavy atom. The number of rotatable bonds is 9. The van der Waals surface area contributed by atoms with Crippen molar-refractivity contribution >= 4 is 22.3 Å². The van der Waals surface area contributed by atoms with Crippen LogP contribution in [0.2, 0.25) is 0 Å². The Balaban J connectivity index is 1.80. The van der Waals surface area contributed by atoms with Crippen molar-refractivity contribution in [2.45, 2.75) is 38.8 Å². The summed E-state index contributed by atoms with van der Waals surface area (Å²) in [5.41, 5.74) is 2.31. The second kappa shape index (κ2) is 8.27. The van der Waals surface area contributed by atoms with Gasteiger partial charge in [-0.1, -0.05) is 13.8 Å². The minimum Gasteiger partial charge on any atom is -0.314 e. The highest BCUT2D eigenvalue weighted by Gasteiger charge is 2.49. The van der Waals surface area contributed by atoms with Crippen molar-refractivity contribution in [2.24, 2.45) is 5.92 Å². The standard InChI is InChI=1S/C13H24N4O7S/c1-9(2)7-14-5-6-23-15-12(18)11-4-3-10-8-16(11)13(19)17(10)24-25(20,21)22/h9-11,14H,3-8H2,1-2H3,(H,15,18)(H,20,21,22)/t10?,11-/m0/s1. The average Bonchev–Trinajstić information content (AvgIpc) is 2.74. The number of urea groups is 1. The molecule has 0 radical (unpaired) electrons. The lowest BCUT2D eigenvalue weighted by Gasteiger charge is -2.28. The van der Waals surface area contributed by atoms with Crippen molar-refractivity contribution < 1.29 is 31.7 Å². The van der Waals surface area contributed by atoms with E-state index >= 15 is 0 Å². The van der Waals surface area contributed by atoms with Crippen LogP contribution in [0.1, 0.15) is 26.7 Å². The molecule has 25 heavy (non-hydrogen) atoms. The molecule has 2 rings (SSSR count). The van der Waals surface area contributed by atoms with Gasteiger partial charge in [0.25, 0.3) is 5.91 Å². The van der Waals surface area contributed by atoms with Gasteiger partial charge in [0.2, 0.25) is 0 Å². The quantitative estimate of drug-likeness (QED) is 0.271. The van der Waals surface area contributed by atoms with Crippen LogP contribution in [0, 0.1) is 5.92 Å². The largest absolute Gasteiger partial charge is 0.418 e. The molecule has 144 valence electrons. The maximum absolute atomic E-state index is 12.2. The number of fused-ring (bicyclic) bond motifs is 2. The van der Waals surface area contributed by atoms with E-state index in [0.717, 1.165) is 6.54 Å². The fourth-order valence-electron chi connectivity index (χ4n) is 2.81. The first-order valence-electron chi connectivity index (χ1n) is 8.08. The molecule has 11 nitrogen and oxygen atoms in total.